The molecule has 88 valence electrons. The molecule has 2 N–H and O–H groups in total. The maximum absolute atomic E-state index is 10.3. The minimum Gasteiger partial charge on any atom is -0.496 e. The number of ether oxygens (including phenoxy) is 1. The molecule has 0 aliphatic carbocycles. The molecule has 1 atom stereocenters. The summed E-state index contributed by atoms with van der Waals surface area (Å²) >= 11 is 3.45. The molecule has 1 aromatic carbocycles. The zero-order valence-electron chi connectivity index (χ0n) is 9.29. The average Bonchev–Trinajstić information content (AvgIpc) is 2.65. The van der Waals surface area contributed by atoms with Crippen molar-refractivity contribution in [3.05, 3.63) is 28.2 Å². The van der Waals surface area contributed by atoms with Crippen molar-refractivity contribution in [1.29, 1.82) is 0 Å². The second kappa shape index (κ2) is 4.73. The Hall–Kier alpha value is -0.580. The lowest BCUT2D eigenvalue weighted by atomic mass is 9.94. The first-order chi connectivity index (χ1) is 7.63. The van der Waals surface area contributed by atoms with Gasteiger partial charge in [0, 0.05) is 13.0 Å². The van der Waals surface area contributed by atoms with Crippen LogP contribution in [0.4, 0.5) is 0 Å². The predicted molar refractivity (Wildman–Crippen MR) is 66.8 cm³/mol. The van der Waals surface area contributed by atoms with E-state index in [4.69, 9.17) is 4.74 Å². The van der Waals surface area contributed by atoms with Crippen molar-refractivity contribution in [2.45, 2.75) is 18.4 Å². The molecule has 2 rings (SSSR count). The first kappa shape index (κ1) is 11.9. The summed E-state index contributed by atoms with van der Waals surface area (Å²) in [5.74, 6) is 0.820. The number of hydrogen-bond acceptors (Lipinski definition) is 3. The van der Waals surface area contributed by atoms with Gasteiger partial charge >= 0.3 is 0 Å². The Kier molecular flexibility index (Phi) is 3.52. The summed E-state index contributed by atoms with van der Waals surface area (Å²) in [6.45, 7) is 1.57. The Morgan fingerprint density at radius 1 is 1.56 bits per heavy atom. The minimum absolute atomic E-state index is 0.589. The van der Waals surface area contributed by atoms with E-state index in [1.165, 1.54) is 0 Å². The monoisotopic (exact) mass is 285 g/mol. The quantitative estimate of drug-likeness (QED) is 0.889. The highest BCUT2D eigenvalue weighted by Crippen LogP contribution is 2.28. The Balaban J connectivity index is 2.13. The van der Waals surface area contributed by atoms with E-state index in [0.29, 0.717) is 13.0 Å². The van der Waals surface area contributed by atoms with Crippen LogP contribution in [0, 0.1) is 0 Å². The van der Waals surface area contributed by atoms with Crippen LogP contribution < -0.4 is 10.1 Å². The van der Waals surface area contributed by atoms with Crippen LogP contribution in [0.2, 0.25) is 0 Å². The number of rotatable bonds is 3. The van der Waals surface area contributed by atoms with Crippen LogP contribution in [0.3, 0.4) is 0 Å². The largest absolute Gasteiger partial charge is 0.496 e. The van der Waals surface area contributed by atoms with Gasteiger partial charge in [-0.3, -0.25) is 0 Å². The summed E-state index contributed by atoms with van der Waals surface area (Å²) in [5, 5.41) is 13.4. The second-order valence-corrected chi connectivity index (χ2v) is 5.15. The molecular weight excluding hydrogens is 270 g/mol. The molecule has 1 aromatic rings. The standard InChI is InChI=1S/C12H16BrNO2/c1-16-11-3-2-9(6-10(11)13)7-12(15)4-5-14-8-12/h2-3,6,14-15H,4-5,7-8H2,1H3. The Bertz CT molecular complexity index is 375. The molecule has 0 spiro atoms. The Morgan fingerprint density at radius 2 is 2.38 bits per heavy atom. The molecule has 3 nitrogen and oxygen atoms in total. The fourth-order valence-electron chi connectivity index (χ4n) is 2.08. The topological polar surface area (TPSA) is 41.5 Å². The number of β-amino-alcohol motifs (C(OH)–C–C–N with tert-alkyl or cyclic N) is 1. The number of methoxy groups -OCH3 is 1. The van der Waals surface area contributed by atoms with E-state index in [9.17, 15) is 5.11 Å². The lowest BCUT2D eigenvalue weighted by Crippen LogP contribution is -2.33. The van der Waals surface area contributed by atoms with Crippen molar-refractivity contribution in [3.63, 3.8) is 0 Å². The summed E-state index contributed by atoms with van der Waals surface area (Å²) in [4.78, 5) is 0. The van der Waals surface area contributed by atoms with E-state index in [0.717, 1.165) is 28.8 Å². The van der Waals surface area contributed by atoms with Crippen LogP contribution >= 0.6 is 15.9 Å². The van der Waals surface area contributed by atoms with Crippen LogP contribution in [0.15, 0.2) is 22.7 Å². The Labute approximate surface area is 104 Å². The van der Waals surface area contributed by atoms with Gasteiger partial charge in [-0.05, 0) is 46.6 Å². The predicted octanol–water partition coefficient (Wildman–Crippen LogP) is 1.72. The highest BCUT2D eigenvalue weighted by molar-refractivity contribution is 9.10. The van der Waals surface area contributed by atoms with Crippen LogP contribution in [0.25, 0.3) is 0 Å². The van der Waals surface area contributed by atoms with E-state index in [1.54, 1.807) is 7.11 Å². The fourth-order valence-corrected chi connectivity index (χ4v) is 2.67. The van der Waals surface area contributed by atoms with E-state index >= 15 is 0 Å². The van der Waals surface area contributed by atoms with Crippen LogP contribution in [-0.2, 0) is 6.42 Å². The van der Waals surface area contributed by atoms with Crippen LogP contribution in [0.1, 0.15) is 12.0 Å². The van der Waals surface area contributed by atoms with Crippen molar-refractivity contribution in [2.75, 3.05) is 20.2 Å². The number of benzene rings is 1. The zero-order valence-corrected chi connectivity index (χ0v) is 10.9. The van der Waals surface area contributed by atoms with Crippen molar-refractivity contribution >= 4 is 15.9 Å². The third kappa shape index (κ3) is 2.56. The van der Waals surface area contributed by atoms with E-state index in [1.807, 2.05) is 18.2 Å². The molecule has 0 bridgehead atoms. The smallest absolute Gasteiger partial charge is 0.133 e. The van der Waals surface area contributed by atoms with Crippen molar-refractivity contribution < 1.29 is 9.84 Å². The minimum atomic E-state index is -0.589. The SMILES string of the molecule is COc1ccc(CC2(O)CCNC2)cc1Br. The molecule has 1 heterocycles. The van der Waals surface area contributed by atoms with Gasteiger partial charge in [0.15, 0.2) is 0 Å². The van der Waals surface area contributed by atoms with Crippen LogP contribution in [-0.4, -0.2) is 30.9 Å². The second-order valence-electron chi connectivity index (χ2n) is 4.30. The molecule has 0 aromatic heterocycles. The van der Waals surface area contributed by atoms with Crippen molar-refractivity contribution in [2.24, 2.45) is 0 Å². The summed E-state index contributed by atoms with van der Waals surface area (Å²) in [6, 6.07) is 5.93. The summed E-state index contributed by atoms with van der Waals surface area (Å²) in [7, 11) is 1.65. The van der Waals surface area contributed by atoms with Gasteiger partial charge in [0.2, 0.25) is 0 Å². The first-order valence-electron chi connectivity index (χ1n) is 5.38. The molecule has 1 aliphatic heterocycles. The van der Waals surface area contributed by atoms with Crippen molar-refractivity contribution in [1.82, 2.24) is 5.32 Å². The summed E-state index contributed by atoms with van der Waals surface area (Å²) in [5.41, 5.74) is 0.535. The first-order valence-corrected chi connectivity index (χ1v) is 6.18. The van der Waals surface area contributed by atoms with Gasteiger partial charge in [0.1, 0.15) is 5.75 Å². The zero-order chi connectivity index (χ0) is 11.6. The van der Waals surface area contributed by atoms with Crippen LogP contribution in [0.5, 0.6) is 5.75 Å². The molecule has 1 saturated heterocycles. The molecular formula is C12H16BrNO2. The maximum Gasteiger partial charge on any atom is 0.133 e. The van der Waals surface area contributed by atoms with Gasteiger partial charge < -0.3 is 15.2 Å². The van der Waals surface area contributed by atoms with Crippen molar-refractivity contribution in [3.8, 4) is 5.75 Å². The van der Waals surface area contributed by atoms with E-state index < -0.39 is 5.60 Å². The number of nitrogens with one attached hydrogen (secondary N) is 1. The van der Waals surface area contributed by atoms with Gasteiger partial charge in [-0.2, -0.15) is 0 Å². The highest BCUT2D eigenvalue weighted by Gasteiger charge is 2.31. The number of halogens is 1. The van der Waals surface area contributed by atoms with E-state index in [-0.39, 0.29) is 0 Å². The highest BCUT2D eigenvalue weighted by atomic mass is 79.9. The van der Waals surface area contributed by atoms with Gasteiger partial charge in [0.25, 0.3) is 0 Å². The molecule has 0 saturated carbocycles. The Morgan fingerprint density at radius 3 is 2.94 bits per heavy atom. The fraction of sp³-hybridized carbons (Fsp3) is 0.500. The molecule has 16 heavy (non-hydrogen) atoms. The van der Waals surface area contributed by atoms with Gasteiger partial charge in [-0.1, -0.05) is 6.07 Å². The molecule has 0 amide bonds. The summed E-state index contributed by atoms with van der Waals surface area (Å²) < 4.78 is 6.11. The number of hydrogen-bond donors (Lipinski definition) is 2. The molecule has 1 unspecified atom stereocenters. The molecule has 0 radical (unpaired) electrons. The average molecular weight is 286 g/mol. The van der Waals surface area contributed by atoms with Gasteiger partial charge in [0.05, 0.1) is 17.2 Å². The van der Waals surface area contributed by atoms with E-state index in [2.05, 4.69) is 21.2 Å². The lowest BCUT2D eigenvalue weighted by molar-refractivity contribution is 0.0619. The third-order valence-electron chi connectivity index (χ3n) is 2.97. The molecule has 4 heteroatoms. The third-order valence-corrected chi connectivity index (χ3v) is 3.59. The van der Waals surface area contributed by atoms with Gasteiger partial charge in [-0.15, -0.1) is 0 Å². The maximum atomic E-state index is 10.3. The normalized spacial score (nSPS) is 24.7. The van der Waals surface area contributed by atoms with Gasteiger partial charge in [-0.25, -0.2) is 0 Å². The summed E-state index contributed by atoms with van der Waals surface area (Å²) in [6.07, 6.45) is 1.50. The molecule has 1 aliphatic rings. The number of aliphatic hydroxyl groups is 1. The molecule has 1 fully saturated rings. The lowest BCUT2D eigenvalue weighted by Gasteiger charge is -2.21.